The van der Waals surface area contributed by atoms with E-state index in [9.17, 15) is 4.79 Å². The first kappa shape index (κ1) is 13.6. The molecule has 5 nitrogen and oxygen atoms in total. The van der Waals surface area contributed by atoms with Gasteiger partial charge in [-0.15, -0.1) is 10.2 Å². The summed E-state index contributed by atoms with van der Waals surface area (Å²) in [7, 11) is 0. The van der Waals surface area contributed by atoms with E-state index in [0.717, 1.165) is 38.2 Å². The molecule has 0 aromatic carbocycles. The Hall–Kier alpha value is -1.39. The molecule has 0 N–H and O–H groups in total. The zero-order valence-corrected chi connectivity index (χ0v) is 12.3. The molecule has 1 aliphatic carbocycles. The van der Waals surface area contributed by atoms with Gasteiger partial charge in [0.2, 0.25) is 5.91 Å². The van der Waals surface area contributed by atoms with Gasteiger partial charge in [0.25, 0.3) is 0 Å². The van der Waals surface area contributed by atoms with Crippen molar-refractivity contribution in [2.75, 3.05) is 13.1 Å². The van der Waals surface area contributed by atoms with Crippen molar-refractivity contribution in [3.63, 3.8) is 0 Å². The molecule has 3 rings (SSSR count). The van der Waals surface area contributed by atoms with Crippen LogP contribution in [0.5, 0.6) is 0 Å². The highest BCUT2D eigenvalue weighted by Gasteiger charge is 2.30. The van der Waals surface area contributed by atoms with Crippen LogP contribution in [0.4, 0.5) is 0 Å². The summed E-state index contributed by atoms with van der Waals surface area (Å²) in [6.07, 6.45) is 9.60. The van der Waals surface area contributed by atoms with Gasteiger partial charge in [0.15, 0.2) is 0 Å². The molecule has 110 valence electrons. The first-order valence-electron chi connectivity index (χ1n) is 7.94. The molecule has 1 aromatic rings. The van der Waals surface area contributed by atoms with Crippen molar-refractivity contribution in [1.29, 1.82) is 0 Å². The van der Waals surface area contributed by atoms with Crippen LogP contribution in [-0.4, -0.2) is 38.7 Å². The number of rotatable bonds is 4. The van der Waals surface area contributed by atoms with E-state index in [1.54, 1.807) is 0 Å². The molecule has 1 aliphatic heterocycles. The number of amides is 1. The van der Waals surface area contributed by atoms with E-state index in [-0.39, 0.29) is 0 Å². The fraction of sp³-hybridized carbons (Fsp3) is 0.800. The average Bonchev–Trinajstić information content (AvgIpc) is 3.19. The second kappa shape index (κ2) is 5.94. The molecule has 1 amide bonds. The predicted octanol–water partition coefficient (Wildman–Crippen LogP) is 2.19. The van der Waals surface area contributed by atoms with Crippen molar-refractivity contribution in [2.45, 2.75) is 57.9 Å². The SMILES string of the molecule is CCc1nncn1C1CCN(C(=O)CC2CCCC2)C1. The van der Waals surface area contributed by atoms with Gasteiger partial charge in [-0.1, -0.05) is 19.8 Å². The topological polar surface area (TPSA) is 51.0 Å². The molecular formula is C15H24N4O. The second-order valence-electron chi connectivity index (χ2n) is 6.14. The van der Waals surface area contributed by atoms with Crippen molar-refractivity contribution in [1.82, 2.24) is 19.7 Å². The molecule has 1 unspecified atom stereocenters. The van der Waals surface area contributed by atoms with E-state index >= 15 is 0 Å². The molecule has 5 heteroatoms. The van der Waals surface area contributed by atoms with E-state index in [0.29, 0.717) is 17.9 Å². The fourth-order valence-corrected chi connectivity index (χ4v) is 3.61. The molecule has 1 saturated heterocycles. The van der Waals surface area contributed by atoms with Gasteiger partial charge in [0.05, 0.1) is 6.04 Å². The molecular weight excluding hydrogens is 252 g/mol. The number of hydrogen-bond acceptors (Lipinski definition) is 3. The lowest BCUT2D eigenvalue weighted by molar-refractivity contribution is -0.131. The summed E-state index contributed by atoms with van der Waals surface area (Å²) < 4.78 is 2.16. The predicted molar refractivity (Wildman–Crippen MR) is 76.2 cm³/mol. The molecule has 2 fully saturated rings. The van der Waals surface area contributed by atoms with Crippen molar-refractivity contribution in [2.24, 2.45) is 5.92 Å². The summed E-state index contributed by atoms with van der Waals surface area (Å²) in [5.41, 5.74) is 0. The Morgan fingerprint density at radius 2 is 2.15 bits per heavy atom. The zero-order valence-electron chi connectivity index (χ0n) is 12.3. The maximum Gasteiger partial charge on any atom is 0.222 e. The van der Waals surface area contributed by atoms with Crippen LogP contribution in [0.15, 0.2) is 6.33 Å². The van der Waals surface area contributed by atoms with Gasteiger partial charge in [0, 0.05) is 25.9 Å². The number of carbonyl (C=O) groups excluding carboxylic acids is 1. The third kappa shape index (κ3) is 2.72. The van der Waals surface area contributed by atoms with Gasteiger partial charge in [-0.25, -0.2) is 0 Å². The minimum atomic E-state index is 0.352. The minimum absolute atomic E-state index is 0.352. The Kier molecular flexibility index (Phi) is 4.03. The van der Waals surface area contributed by atoms with Crippen LogP contribution in [0.3, 0.4) is 0 Å². The Morgan fingerprint density at radius 1 is 1.35 bits per heavy atom. The number of nitrogens with zero attached hydrogens (tertiary/aromatic N) is 4. The largest absolute Gasteiger partial charge is 0.341 e. The highest BCUT2D eigenvalue weighted by molar-refractivity contribution is 5.76. The van der Waals surface area contributed by atoms with Gasteiger partial charge < -0.3 is 9.47 Å². The number of aromatic nitrogens is 3. The van der Waals surface area contributed by atoms with Crippen LogP contribution in [0.1, 0.15) is 57.3 Å². The number of carbonyl (C=O) groups is 1. The number of hydrogen-bond donors (Lipinski definition) is 0. The van der Waals surface area contributed by atoms with Crippen molar-refractivity contribution < 1.29 is 4.79 Å². The normalized spacial score (nSPS) is 23.6. The van der Waals surface area contributed by atoms with Crippen molar-refractivity contribution in [3.05, 3.63) is 12.2 Å². The Balaban J connectivity index is 1.57. The molecule has 1 aromatic heterocycles. The molecule has 1 saturated carbocycles. The summed E-state index contributed by atoms with van der Waals surface area (Å²) in [5, 5.41) is 8.14. The van der Waals surface area contributed by atoms with Crippen LogP contribution in [0.25, 0.3) is 0 Å². The minimum Gasteiger partial charge on any atom is -0.341 e. The first-order chi connectivity index (χ1) is 9.78. The van der Waals surface area contributed by atoms with Gasteiger partial charge in [0.1, 0.15) is 12.2 Å². The molecule has 2 heterocycles. The third-order valence-corrected chi connectivity index (χ3v) is 4.81. The Labute approximate surface area is 120 Å². The van der Waals surface area contributed by atoms with Gasteiger partial charge >= 0.3 is 0 Å². The lowest BCUT2D eigenvalue weighted by atomic mass is 10.0. The van der Waals surface area contributed by atoms with Crippen LogP contribution < -0.4 is 0 Å². The summed E-state index contributed by atoms with van der Waals surface area (Å²) >= 11 is 0. The summed E-state index contributed by atoms with van der Waals surface area (Å²) in [5.74, 6) is 2.02. The van der Waals surface area contributed by atoms with E-state index in [1.807, 2.05) is 11.2 Å². The molecule has 20 heavy (non-hydrogen) atoms. The van der Waals surface area contributed by atoms with E-state index in [1.165, 1.54) is 25.7 Å². The zero-order chi connectivity index (χ0) is 13.9. The number of likely N-dealkylation sites (tertiary alicyclic amines) is 1. The average molecular weight is 276 g/mol. The van der Waals surface area contributed by atoms with E-state index < -0.39 is 0 Å². The lowest BCUT2D eigenvalue weighted by Crippen LogP contribution is -2.30. The van der Waals surface area contributed by atoms with Crippen LogP contribution in [-0.2, 0) is 11.2 Å². The van der Waals surface area contributed by atoms with E-state index in [2.05, 4.69) is 21.7 Å². The Bertz CT molecular complexity index is 464. The first-order valence-corrected chi connectivity index (χ1v) is 7.94. The summed E-state index contributed by atoms with van der Waals surface area (Å²) in [4.78, 5) is 14.4. The van der Waals surface area contributed by atoms with Gasteiger partial charge in [-0.05, 0) is 25.2 Å². The molecule has 0 spiro atoms. The maximum atomic E-state index is 12.4. The van der Waals surface area contributed by atoms with E-state index in [4.69, 9.17) is 0 Å². The highest BCUT2D eigenvalue weighted by atomic mass is 16.2. The second-order valence-corrected chi connectivity index (χ2v) is 6.14. The Morgan fingerprint density at radius 3 is 2.90 bits per heavy atom. The molecule has 2 aliphatic rings. The van der Waals surface area contributed by atoms with Crippen LogP contribution >= 0.6 is 0 Å². The highest BCUT2D eigenvalue weighted by Crippen LogP contribution is 2.30. The number of aryl methyl sites for hydroxylation is 1. The fourth-order valence-electron chi connectivity index (χ4n) is 3.61. The standard InChI is InChI=1S/C15H24N4O/c1-2-14-17-16-11-19(14)13-7-8-18(10-13)15(20)9-12-5-3-4-6-12/h11-13H,2-10H2,1H3. The maximum absolute atomic E-state index is 12.4. The lowest BCUT2D eigenvalue weighted by Gasteiger charge is -2.19. The molecule has 1 atom stereocenters. The summed E-state index contributed by atoms with van der Waals surface area (Å²) in [6, 6.07) is 0.368. The monoisotopic (exact) mass is 276 g/mol. The van der Waals surface area contributed by atoms with Crippen molar-refractivity contribution in [3.8, 4) is 0 Å². The van der Waals surface area contributed by atoms with Crippen LogP contribution in [0, 0.1) is 5.92 Å². The quantitative estimate of drug-likeness (QED) is 0.847. The van der Waals surface area contributed by atoms with Gasteiger partial charge in [-0.3, -0.25) is 4.79 Å². The smallest absolute Gasteiger partial charge is 0.222 e. The third-order valence-electron chi connectivity index (χ3n) is 4.81. The van der Waals surface area contributed by atoms with Gasteiger partial charge in [-0.2, -0.15) is 0 Å². The van der Waals surface area contributed by atoms with Crippen LogP contribution in [0.2, 0.25) is 0 Å². The van der Waals surface area contributed by atoms with Crippen molar-refractivity contribution >= 4 is 5.91 Å². The summed E-state index contributed by atoms with van der Waals surface area (Å²) in [6.45, 7) is 3.81. The molecule has 0 bridgehead atoms. The molecule has 0 radical (unpaired) electrons.